The predicted molar refractivity (Wildman–Crippen MR) is 77.7 cm³/mol. The minimum absolute atomic E-state index is 0.229. The smallest absolute Gasteiger partial charge is 0.143 e. The van der Waals surface area contributed by atoms with E-state index in [0.29, 0.717) is 18.3 Å². The average molecular weight is 264 g/mol. The summed E-state index contributed by atoms with van der Waals surface area (Å²) in [6, 6.07) is 6.25. The van der Waals surface area contributed by atoms with Crippen LogP contribution in [0.1, 0.15) is 53.0 Å². The molecule has 0 aliphatic carbocycles. The van der Waals surface area contributed by atoms with E-state index in [1.165, 1.54) is 12.1 Å². The van der Waals surface area contributed by atoms with Gasteiger partial charge in [-0.05, 0) is 49.8 Å². The number of Topliss-reactive ketones (excluding diaryl/α,β-unsaturated/α-hetero) is 1. The summed E-state index contributed by atoms with van der Waals surface area (Å²) in [5.74, 6) is 0.969. The Morgan fingerprint density at radius 1 is 1.16 bits per heavy atom. The molecule has 106 valence electrons. The maximum absolute atomic E-state index is 12.9. The van der Waals surface area contributed by atoms with Gasteiger partial charge in [-0.1, -0.05) is 32.9 Å². The molecule has 0 spiro atoms. The SMILES string of the molecule is CC(C)CC(C)CC(=O)C(C)(C)c1ccc(F)cc1. The van der Waals surface area contributed by atoms with Crippen molar-refractivity contribution < 1.29 is 9.18 Å². The molecule has 0 heterocycles. The molecular formula is C17H25FO. The Balaban J connectivity index is 2.76. The van der Waals surface area contributed by atoms with Crippen LogP contribution in [0.2, 0.25) is 0 Å². The van der Waals surface area contributed by atoms with Gasteiger partial charge in [-0.15, -0.1) is 0 Å². The molecule has 0 saturated carbocycles. The Morgan fingerprint density at radius 2 is 1.68 bits per heavy atom. The molecule has 0 aliphatic heterocycles. The van der Waals surface area contributed by atoms with Crippen LogP contribution < -0.4 is 0 Å². The van der Waals surface area contributed by atoms with Gasteiger partial charge in [0.25, 0.3) is 0 Å². The zero-order valence-electron chi connectivity index (χ0n) is 12.7. The van der Waals surface area contributed by atoms with E-state index in [4.69, 9.17) is 0 Å². The Labute approximate surface area is 116 Å². The van der Waals surface area contributed by atoms with Gasteiger partial charge >= 0.3 is 0 Å². The van der Waals surface area contributed by atoms with E-state index >= 15 is 0 Å². The van der Waals surface area contributed by atoms with Crippen LogP contribution in [-0.4, -0.2) is 5.78 Å². The molecule has 1 nitrogen and oxygen atoms in total. The van der Waals surface area contributed by atoms with Crippen molar-refractivity contribution in [2.75, 3.05) is 0 Å². The van der Waals surface area contributed by atoms with Gasteiger partial charge in [-0.25, -0.2) is 4.39 Å². The fraction of sp³-hybridized carbons (Fsp3) is 0.588. The number of hydrogen-bond donors (Lipinski definition) is 0. The zero-order chi connectivity index (χ0) is 14.6. The van der Waals surface area contributed by atoms with Crippen LogP contribution in [0, 0.1) is 17.7 Å². The molecule has 1 aromatic rings. The second-order valence-electron chi connectivity index (χ2n) is 6.49. The largest absolute Gasteiger partial charge is 0.299 e. The van der Waals surface area contributed by atoms with Gasteiger partial charge in [0, 0.05) is 11.8 Å². The molecule has 19 heavy (non-hydrogen) atoms. The van der Waals surface area contributed by atoms with E-state index in [1.807, 2.05) is 13.8 Å². The quantitative estimate of drug-likeness (QED) is 0.725. The molecule has 1 rings (SSSR count). The molecule has 0 radical (unpaired) electrons. The first-order valence-corrected chi connectivity index (χ1v) is 7.02. The molecule has 0 bridgehead atoms. The minimum Gasteiger partial charge on any atom is -0.299 e. The van der Waals surface area contributed by atoms with Crippen molar-refractivity contribution in [3.05, 3.63) is 35.6 Å². The second-order valence-corrected chi connectivity index (χ2v) is 6.49. The lowest BCUT2D eigenvalue weighted by atomic mass is 9.77. The lowest BCUT2D eigenvalue weighted by molar-refractivity contribution is -0.124. The molecule has 0 amide bonds. The third-order valence-corrected chi connectivity index (χ3v) is 3.67. The summed E-state index contributed by atoms with van der Waals surface area (Å²) >= 11 is 0. The number of benzene rings is 1. The zero-order valence-corrected chi connectivity index (χ0v) is 12.7. The summed E-state index contributed by atoms with van der Waals surface area (Å²) in [7, 11) is 0. The Morgan fingerprint density at radius 3 is 2.16 bits per heavy atom. The predicted octanol–water partition coefficient (Wildman–Crippen LogP) is 4.74. The van der Waals surface area contributed by atoms with Crippen LogP contribution in [0.25, 0.3) is 0 Å². The Kier molecular flexibility index (Phi) is 5.28. The maximum Gasteiger partial charge on any atom is 0.143 e. The number of carbonyl (C=O) groups is 1. The monoisotopic (exact) mass is 264 g/mol. The molecular weight excluding hydrogens is 239 g/mol. The van der Waals surface area contributed by atoms with Gasteiger partial charge in [0.1, 0.15) is 11.6 Å². The van der Waals surface area contributed by atoms with E-state index in [9.17, 15) is 9.18 Å². The fourth-order valence-electron chi connectivity index (χ4n) is 2.49. The van der Waals surface area contributed by atoms with E-state index in [2.05, 4.69) is 20.8 Å². The summed E-state index contributed by atoms with van der Waals surface area (Å²) in [5, 5.41) is 0. The standard InChI is InChI=1S/C17H25FO/c1-12(2)10-13(3)11-16(19)17(4,5)14-6-8-15(18)9-7-14/h6-9,12-13H,10-11H2,1-5H3. The molecule has 0 aromatic heterocycles. The van der Waals surface area contributed by atoms with Crippen molar-refractivity contribution in [2.45, 2.75) is 52.9 Å². The highest BCUT2D eigenvalue weighted by Gasteiger charge is 2.30. The van der Waals surface area contributed by atoms with Gasteiger partial charge in [0.05, 0.1) is 0 Å². The Hall–Kier alpha value is -1.18. The first kappa shape index (κ1) is 15.9. The maximum atomic E-state index is 12.9. The second kappa shape index (κ2) is 6.31. The van der Waals surface area contributed by atoms with E-state index in [-0.39, 0.29) is 11.6 Å². The van der Waals surface area contributed by atoms with Crippen molar-refractivity contribution in [3.63, 3.8) is 0 Å². The van der Waals surface area contributed by atoms with Gasteiger partial charge < -0.3 is 0 Å². The fourth-order valence-corrected chi connectivity index (χ4v) is 2.49. The number of carbonyl (C=O) groups excluding carboxylic acids is 1. The summed E-state index contributed by atoms with van der Waals surface area (Å²) in [4.78, 5) is 12.4. The van der Waals surface area contributed by atoms with Crippen LogP contribution in [0.4, 0.5) is 4.39 Å². The van der Waals surface area contributed by atoms with E-state index < -0.39 is 5.41 Å². The van der Waals surface area contributed by atoms with Gasteiger partial charge in [0.2, 0.25) is 0 Å². The molecule has 1 aromatic carbocycles. The lowest BCUT2D eigenvalue weighted by Gasteiger charge is -2.26. The molecule has 0 aliphatic rings. The van der Waals surface area contributed by atoms with E-state index in [0.717, 1.165) is 12.0 Å². The van der Waals surface area contributed by atoms with Crippen molar-refractivity contribution >= 4 is 5.78 Å². The first-order valence-electron chi connectivity index (χ1n) is 7.02. The Bertz CT molecular complexity index is 417. The number of halogens is 1. The van der Waals surface area contributed by atoms with Crippen molar-refractivity contribution in [1.29, 1.82) is 0 Å². The highest BCUT2D eigenvalue weighted by atomic mass is 19.1. The topological polar surface area (TPSA) is 17.1 Å². The van der Waals surface area contributed by atoms with Crippen LogP contribution in [0.5, 0.6) is 0 Å². The molecule has 0 N–H and O–H groups in total. The molecule has 2 heteroatoms. The van der Waals surface area contributed by atoms with Crippen molar-refractivity contribution in [2.24, 2.45) is 11.8 Å². The number of hydrogen-bond acceptors (Lipinski definition) is 1. The normalized spacial score (nSPS) is 13.6. The highest BCUT2D eigenvalue weighted by molar-refractivity contribution is 5.89. The summed E-state index contributed by atoms with van der Waals surface area (Å²) in [6.45, 7) is 10.3. The molecule has 1 unspecified atom stereocenters. The van der Waals surface area contributed by atoms with Crippen LogP contribution >= 0.6 is 0 Å². The third-order valence-electron chi connectivity index (χ3n) is 3.67. The molecule has 1 atom stereocenters. The van der Waals surface area contributed by atoms with E-state index in [1.54, 1.807) is 12.1 Å². The molecule has 0 fully saturated rings. The van der Waals surface area contributed by atoms with Gasteiger partial charge in [-0.2, -0.15) is 0 Å². The van der Waals surface area contributed by atoms with Crippen molar-refractivity contribution in [3.8, 4) is 0 Å². The third kappa shape index (κ3) is 4.45. The van der Waals surface area contributed by atoms with Crippen molar-refractivity contribution in [1.82, 2.24) is 0 Å². The van der Waals surface area contributed by atoms with Crippen LogP contribution in [0.3, 0.4) is 0 Å². The summed E-state index contributed by atoms with van der Waals surface area (Å²) in [6.07, 6.45) is 1.65. The first-order chi connectivity index (χ1) is 8.73. The lowest BCUT2D eigenvalue weighted by Crippen LogP contribution is -2.30. The van der Waals surface area contributed by atoms with Gasteiger partial charge in [0.15, 0.2) is 0 Å². The van der Waals surface area contributed by atoms with Crippen LogP contribution in [0.15, 0.2) is 24.3 Å². The average Bonchev–Trinajstić information content (AvgIpc) is 2.28. The van der Waals surface area contributed by atoms with Gasteiger partial charge in [-0.3, -0.25) is 4.79 Å². The summed E-state index contributed by atoms with van der Waals surface area (Å²) in [5.41, 5.74) is 0.342. The molecule has 0 saturated heterocycles. The highest BCUT2D eigenvalue weighted by Crippen LogP contribution is 2.28. The number of ketones is 1. The number of rotatable bonds is 6. The minimum atomic E-state index is -0.543. The van der Waals surface area contributed by atoms with Crippen LogP contribution in [-0.2, 0) is 10.2 Å². The summed E-state index contributed by atoms with van der Waals surface area (Å²) < 4.78 is 12.9.